The molecule has 2 nitrogen and oxygen atoms in total. The van der Waals surface area contributed by atoms with E-state index in [0.29, 0.717) is 6.42 Å². The number of aryl methyl sites for hydroxylation is 1. The number of hydrogen-bond donors (Lipinski definition) is 1. The van der Waals surface area contributed by atoms with Crippen molar-refractivity contribution in [3.8, 4) is 6.07 Å². The molecule has 1 heterocycles. The van der Waals surface area contributed by atoms with Crippen LogP contribution in [0.15, 0.2) is 24.4 Å². The molecular weight excluding hydrogens is 196 g/mol. The van der Waals surface area contributed by atoms with Gasteiger partial charge in [-0.25, -0.2) is 0 Å². The Labute approximate surface area is 87.1 Å². The number of nitrogens with zero attached hydrogens (tertiary/aromatic N) is 1. The van der Waals surface area contributed by atoms with Gasteiger partial charge >= 0.3 is 0 Å². The van der Waals surface area contributed by atoms with Crippen LogP contribution in [0, 0.1) is 11.3 Å². The third-order valence-corrected chi connectivity index (χ3v) is 2.47. The highest BCUT2D eigenvalue weighted by Crippen LogP contribution is 2.22. The van der Waals surface area contributed by atoms with Crippen LogP contribution in [0.2, 0.25) is 5.02 Å². The fourth-order valence-electron chi connectivity index (χ4n) is 1.56. The largest absolute Gasteiger partial charge is 0.361 e. The van der Waals surface area contributed by atoms with Crippen LogP contribution in [-0.2, 0) is 6.42 Å². The number of aromatic nitrogens is 1. The van der Waals surface area contributed by atoms with Gasteiger partial charge in [0.25, 0.3) is 0 Å². The zero-order chi connectivity index (χ0) is 9.97. The standard InChI is InChI=1S/C11H9ClN2/c12-9-3-4-10-8(2-1-5-13)7-14-11(10)6-9/h3-4,6-7,14H,1-2H2. The molecule has 0 saturated heterocycles. The molecule has 0 amide bonds. The second-order valence-electron chi connectivity index (χ2n) is 3.16. The van der Waals surface area contributed by atoms with Gasteiger partial charge in [-0.05, 0) is 24.1 Å². The van der Waals surface area contributed by atoms with Crippen molar-refractivity contribution in [1.29, 1.82) is 5.26 Å². The molecule has 0 aliphatic carbocycles. The molecule has 2 rings (SSSR count). The van der Waals surface area contributed by atoms with Gasteiger partial charge in [0.05, 0.1) is 6.07 Å². The van der Waals surface area contributed by atoms with E-state index >= 15 is 0 Å². The Hall–Kier alpha value is -1.46. The first kappa shape index (κ1) is 9.11. The average molecular weight is 205 g/mol. The Morgan fingerprint density at radius 2 is 2.29 bits per heavy atom. The summed E-state index contributed by atoms with van der Waals surface area (Å²) in [7, 11) is 0. The van der Waals surface area contributed by atoms with Crippen molar-refractivity contribution in [3.63, 3.8) is 0 Å². The first-order valence-electron chi connectivity index (χ1n) is 4.44. The molecule has 1 aromatic carbocycles. The molecule has 14 heavy (non-hydrogen) atoms. The molecule has 0 aliphatic rings. The number of hydrogen-bond acceptors (Lipinski definition) is 1. The number of H-pyrrole nitrogens is 1. The van der Waals surface area contributed by atoms with Crippen LogP contribution in [0.1, 0.15) is 12.0 Å². The third kappa shape index (κ3) is 1.59. The molecule has 0 bridgehead atoms. The van der Waals surface area contributed by atoms with Crippen molar-refractivity contribution in [2.24, 2.45) is 0 Å². The summed E-state index contributed by atoms with van der Waals surface area (Å²) >= 11 is 5.86. The Kier molecular flexibility index (Phi) is 2.43. The number of nitriles is 1. The zero-order valence-corrected chi connectivity index (χ0v) is 8.30. The molecule has 0 fully saturated rings. The summed E-state index contributed by atoms with van der Waals surface area (Å²) in [5, 5.41) is 10.4. The summed E-state index contributed by atoms with van der Waals surface area (Å²) in [6.45, 7) is 0. The van der Waals surface area contributed by atoms with Gasteiger partial charge in [-0.2, -0.15) is 5.26 Å². The molecular formula is C11H9ClN2. The van der Waals surface area contributed by atoms with Gasteiger partial charge in [-0.1, -0.05) is 17.7 Å². The number of rotatable bonds is 2. The monoisotopic (exact) mass is 204 g/mol. The van der Waals surface area contributed by atoms with E-state index in [2.05, 4.69) is 11.1 Å². The number of aromatic amines is 1. The molecule has 0 radical (unpaired) electrons. The van der Waals surface area contributed by atoms with Crippen LogP contribution >= 0.6 is 11.6 Å². The lowest BCUT2D eigenvalue weighted by molar-refractivity contribution is 1.02. The smallest absolute Gasteiger partial charge is 0.0625 e. The van der Waals surface area contributed by atoms with Gasteiger partial charge in [-0.15, -0.1) is 0 Å². The van der Waals surface area contributed by atoms with Gasteiger partial charge in [0.15, 0.2) is 0 Å². The maximum Gasteiger partial charge on any atom is 0.0625 e. The Morgan fingerprint density at radius 3 is 3.07 bits per heavy atom. The number of halogens is 1. The summed E-state index contributed by atoms with van der Waals surface area (Å²) < 4.78 is 0. The van der Waals surface area contributed by atoms with E-state index in [-0.39, 0.29) is 0 Å². The van der Waals surface area contributed by atoms with Crippen molar-refractivity contribution in [1.82, 2.24) is 4.98 Å². The predicted molar refractivity (Wildman–Crippen MR) is 57.2 cm³/mol. The average Bonchev–Trinajstić information content (AvgIpc) is 2.57. The highest BCUT2D eigenvalue weighted by Gasteiger charge is 2.02. The Balaban J connectivity index is 2.43. The number of nitrogens with one attached hydrogen (secondary N) is 1. The highest BCUT2D eigenvalue weighted by molar-refractivity contribution is 6.31. The van der Waals surface area contributed by atoms with Crippen molar-refractivity contribution in [2.45, 2.75) is 12.8 Å². The summed E-state index contributed by atoms with van der Waals surface area (Å²) in [6, 6.07) is 7.89. The molecule has 1 N–H and O–H groups in total. The summed E-state index contributed by atoms with van der Waals surface area (Å²) in [6.07, 6.45) is 3.28. The van der Waals surface area contributed by atoms with Gasteiger partial charge in [0, 0.05) is 28.5 Å². The van der Waals surface area contributed by atoms with E-state index in [1.165, 1.54) is 5.56 Å². The Bertz CT molecular complexity index is 493. The maximum absolute atomic E-state index is 8.50. The predicted octanol–water partition coefficient (Wildman–Crippen LogP) is 3.28. The van der Waals surface area contributed by atoms with Crippen molar-refractivity contribution in [3.05, 3.63) is 35.0 Å². The fraction of sp³-hybridized carbons (Fsp3) is 0.182. The second kappa shape index (κ2) is 3.73. The van der Waals surface area contributed by atoms with E-state index in [1.807, 2.05) is 24.4 Å². The van der Waals surface area contributed by atoms with Gasteiger partial charge in [-0.3, -0.25) is 0 Å². The van der Waals surface area contributed by atoms with Gasteiger partial charge in [0.1, 0.15) is 0 Å². The maximum atomic E-state index is 8.50. The van der Waals surface area contributed by atoms with Gasteiger partial charge in [0.2, 0.25) is 0 Å². The summed E-state index contributed by atoms with van der Waals surface area (Å²) in [4.78, 5) is 3.14. The molecule has 0 unspecified atom stereocenters. The Morgan fingerprint density at radius 1 is 1.43 bits per heavy atom. The number of benzene rings is 1. The van der Waals surface area contributed by atoms with E-state index in [4.69, 9.17) is 16.9 Å². The first-order chi connectivity index (χ1) is 6.81. The van der Waals surface area contributed by atoms with Gasteiger partial charge < -0.3 is 4.98 Å². The highest BCUT2D eigenvalue weighted by atomic mass is 35.5. The zero-order valence-electron chi connectivity index (χ0n) is 7.55. The first-order valence-corrected chi connectivity index (χ1v) is 4.81. The van der Waals surface area contributed by atoms with Crippen LogP contribution in [0.4, 0.5) is 0 Å². The van der Waals surface area contributed by atoms with Crippen molar-refractivity contribution >= 4 is 22.5 Å². The van der Waals surface area contributed by atoms with E-state index < -0.39 is 0 Å². The molecule has 0 spiro atoms. The minimum atomic E-state index is 0.551. The molecule has 1 aromatic heterocycles. The number of fused-ring (bicyclic) bond motifs is 1. The third-order valence-electron chi connectivity index (χ3n) is 2.24. The summed E-state index contributed by atoms with van der Waals surface area (Å²) in [5.74, 6) is 0. The second-order valence-corrected chi connectivity index (χ2v) is 3.60. The van der Waals surface area contributed by atoms with E-state index in [1.54, 1.807) is 0 Å². The SMILES string of the molecule is N#CCCc1c[nH]c2cc(Cl)ccc12. The lowest BCUT2D eigenvalue weighted by Gasteiger charge is -1.94. The van der Waals surface area contributed by atoms with Crippen LogP contribution < -0.4 is 0 Å². The van der Waals surface area contributed by atoms with Crippen molar-refractivity contribution in [2.75, 3.05) is 0 Å². The van der Waals surface area contributed by atoms with E-state index in [9.17, 15) is 0 Å². The lowest BCUT2D eigenvalue weighted by Crippen LogP contribution is -1.79. The molecule has 70 valence electrons. The van der Waals surface area contributed by atoms with E-state index in [0.717, 1.165) is 22.3 Å². The molecule has 0 saturated carbocycles. The minimum absolute atomic E-state index is 0.551. The van der Waals surface area contributed by atoms with Crippen LogP contribution in [0.3, 0.4) is 0 Å². The molecule has 2 aromatic rings. The quantitative estimate of drug-likeness (QED) is 0.801. The normalized spacial score (nSPS) is 10.3. The molecule has 3 heteroatoms. The van der Waals surface area contributed by atoms with Crippen LogP contribution in [0.5, 0.6) is 0 Å². The topological polar surface area (TPSA) is 39.6 Å². The van der Waals surface area contributed by atoms with Crippen molar-refractivity contribution < 1.29 is 0 Å². The lowest BCUT2D eigenvalue weighted by atomic mass is 10.1. The molecule has 0 aliphatic heterocycles. The molecule has 0 atom stereocenters. The van der Waals surface area contributed by atoms with Crippen LogP contribution in [-0.4, -0.2) is 4.98 Å². The minimum Gasteiger partial charge on any atom is -0.361 e. The fourth-order valence-corrected chi connectivity index (χ4v) is 1.73. The van der Waals surface area contributed by atoms with Crippen LogP contribution in [0.25, 0.3) is 10.9 Å². The summed E-state index contributed by atoms with van der Waals surface area (Å²) in [5.41, 5.74) is 2.21.